The fraction of sp³-hybridized carbons (Fsp3) is 0.273. The number of nitrogens with one attached hydrogen (secondary N) is 1. The zero-order valence-corrected chi connectivity index (χ0v) is 9.48. The standard InChI is InChI=1S/C11H14N2O3/c1-8(14)13(2)10-7-5-4-6-9(10)12-11(15)16-3/h4-7H,1-3H3,(H,12,15). The number of hydrogen-bond donors (Lipinski definition) is 1. The van der Waals surface area contributed by atoms with Crippen LogP contribution >= 0.6 is 0 Å². The number of anilines is 2. The Labute approximate surface area is 94.0 Å². The van der Waals surface area contributed by atoms with E-state index in [1.807, 2.05) is 0 Å². The van der Waals surface area contributed by atoms with Gasteiger partial charge in [0.05, 0.1) is 18.5 Å². The third-order valence-electron chi connectivity index (χ3n) is 2.16. The molecule has 0 saturated heterocycles. The molecule has 5 heteroatoms. The van der Waals surface area contributed by atoms with Gasteiger partial charge in [-0.2, -0.15) is 0 Å². The van der Waals surface area contributed by atoms with Crippen LogP contribution < -0.4 is 10.2 Å². The normalized spacial score (nSPS) is 9.44. The van der Waals surface area contributed by atoms with Crippen LogP contribution in [-0.4, -0.2) is 26.2 Å². The van der Waals surface area contributed by atoms with Crippen molar-refractivity contribution in [3.63, 3.8) is 0 Å². The van der Waals surface area contributed by atoms with Crippen molar-refractivity contribution in [1.82, 2.24) is 0 Å². The molecule has 0 fully saturated rings. The Balaban J connectivity index is 3.00. The van der Waals surface area contributed by atoms with Gasteiger partial charge >= 0.3 is 6.09 Å². The van der Waals surface area contributed by atoms with E-state index in [1.54, 1.807) is 31.3 Å². The number of ether oxygens (including phenoxy) is 1. The first-order valence-electron chi connectivity index (χ1n) is 4.74. The minimum atomic E-state index is -0.565. The predicted octanol–water partition coefficient (Wildman–Crippen LogP) is 1.85. The van der Waals surface area contributed by atoms with Gasteiger partial charge in [0.15, 0.2) is 0 Å². The number of methoxy groups -OCH3 is 1. The highest BCUT2D eigenvalue weighted by atomic mass is 16.5. The average Bonchev–Trinajstić information content (AvgIpc) is 2.28. The topological polar surface area (TPSA) is 58.6 Å². The third-order valence-corrected chi connectivity index (χ3v) is 2.16. The van der Waals surface area contributed by atoms with Crippen LogP contribution in [0.3, 0.4) is 0 Å². The summed E-state index contributed by atoms with van der Waals surface area (Å²) in [6, 6.07) is 7.00. The summed E-state index contributed by atoms with van der Waals surface area (Å²) in [7, 11) is 2.92. The van der Waals surface area contributed by atoms with Crippen LogP contribution in [0.2, 0.25) is 0 Å². The van der Waals surface area contributed by atoms with Crippen molar-refractivity contribution in [2.45, 2.75) is 6.92 Å². The van der Waals surface area contributed by atoms with Gasteiger partial charge in [0.1, 0.15) is 0 Å². The fourth-order valence-electron chi connectivity index (χ4n) is 1.20. The summed E-state index contributed by atoms with van der Waals surface area (Å²) in [5.41, 5.74) is 1.16. The number of para-hydroxylation sites is 2. The molecule has 0 unspecified atom stereocenters. The van der Waals surface area contributed by atoms with Gasteiger partial charge in [-0.15, -0.1) is 0 Å². The quantitative estimate of drug-likeness (QED) is 0.830. The molecule has 0 heterocycles. The molecule has 0 aliphatic heterocycles. The third kappa shape index (κ3) is 2.73. The zero-order valence-electron chi connectivity index (χ0n) is 9.48. The van der Waals surface area contributed by atoms with Crippen molar-refractivity contribution in [2.24, 2.45) is 0 Å². The van der Waals surface area contributed by atoms with Crippen molar-refractivity contribution in [3.05, 3.63) is 24.3 Å². The Kier molecular flexibility index (Phi) is 3.88. The zero-order chi connectivity index (χ0) is 12.1. The molecule has 1 N–H and O–H groups in total. The molecule has 86 valence electrons. The van der Waals surface area contributed by atoms with Gasteiger partial charge in [0.2, 0.25) is 5.91 Å². The highest BCUT2D eigenvalue weighted by molar-refractivity contribution is 5.98. The van der Waals surface area contributed by atoms with E-state index in [4.69, 9.17) is 0 Å². The van der Waals surface area contributed by atoms with E-state index in [0.29, 0.717) is 11.4 Å². The van der Waals surface area contributed by atoms with E-state index in [9.17, 15) is 9.59 Å². The second-order valence-corrected chi connectivity index (χ2v) is 3.21. The Morgan fingerprint density at radius 1 is 1.31 bits per heavy atom. The molecule has 5 nitrogen and oxygen atoms in total. The SMILES string of the molecule is COC(=O)Nc1ccccc1N(C)C(C)=O. The monoisotopic (exact) mass is 222 g/mol. The summed E-state index contributed by atoms with van der Waals surface area (Å²) < 4.78 is 4.50. The van der Waals surface area contributed by atoms with Gasteiger partial charge in [-0.1, -0.05) is 12.1 Å². The Morgan fingerprint density at radius 3 is 2.50 bits per heavy atom. The summed E-state index contributed by atoms with van der Waals surface area (Å²) in [4.78, 5) is 23.8. The van der Waals surface area contributed by atoms with Gasteiger partial charge in [0, 0.05) is 14.0 Å². The van der Waals surface area contributed by atoms with E-state index in [-0.39, 0.29) is 5.91 Å². The molecule has 0 aliphatic rings. The fourth-order valence-corrected chi connectivity index (χ4v) is 1.20. The molecule has 1 rings (SSSR count). The molecule has 0 saturated carbocycles. The molecular formula is C11H14N2O3. The van der Waals surface area contributed by atoms with Crippen LogP contribution in [0.4, 0.5) is 16.2 Å². The van der Waals surface area contributed by atoms with E-state index in [1.165, 1.54) is 18.9 Å². The smallest absolute Gasteiger partial charge is 0.411 e. The average molecular weight is 222 g/mol. The number of rotatable bonds is 2. The first-order chi connectivity index (χ1) is 7.56. The minimum Gasteiger partial charge on any atom is -0.453 e. The van der Waals surface area contributed by atoms with Crippen LogP contribution in [0, 0.1) is 0 Å². The van der Waals surface area contributed by atoms with Crippen molar-refractivity contribution in [1.29, 1.82) is 0 Å². The Hall–Kier alpha value is -2.04. The number of amides is 2. The molecule has 1 aromatic carbocycles. The Bertz CT molecular complexity index is 404. The number of nitrogens with zero attached hydrogens (tertiary/aromatic N) is 1. The summed E-state index contributed by atoms with van der Waals surface area (Å²) in [6.45, 7) is 1.45. The second kappa shape index (κ2) is 5.16. The molecule has 1 aromatic rings. The lowest BCUT2D eigenvalue weighted by atomic mass is 10.2. The highest BCUT2D eigenvalue weighted by Crippen LogP contribution is 2.24. The molecule has 0 aliphatic carbocycles. The van der Waals surface area contributed by atoms with Crippen LogP contribution in [0.15, 0.2) is 24.3 Å². The van der Waals surface area contributed by atoms with Crippen LogP contribution in [0.25, 0.3) is 0 Å². The second-order valence-electron chi connectivity index (χ2n) is 3.21. The van der Waals surface area contributed by atoms with Crippen molar-refractivity contribution >= 4 is 23.4 Å². The van der Waals surface area contributed by atoms with Gasteiger partial charge < -0.3 is 9.64 Å². The van der Waals surface area contributed by atoms with E-state index < -0.39 is 6.09 Å². The van der Waals surface area contributed by atoms with Gasteiger partial charge in [-0.3, -0.25) is 10.1 Å². The number of carbonyl (C=O) groups is 2. The van der Waals surface area contributed by atoms with Crippen LogP contribution in [0.1, 0.15) is 6.92 Å². The van der Waals surface area contributed by atoms with Crippen LogP contribution in [-0.2, 0) is 9.53 Å². The van der Waals surface area contributed by atoms with Crippen LogP contribution in [0.5, 0.6) is 0 Å². The molecule has 0 spiro atoms. The minimum absolute atomic E-state index is 0.112. The summed E-state index contributed by atoms with van der Waals surface area (Å²) in [5.74, 6) is -0.112. The maximum atomic E-state index is 11.2. The summed E-state index contributed by atoms with van der Waals surface area (Å²) in [6.07, 6.45) is -0.565. The number of hydrogen-bond acceptors (Lipinski definition) is 3. The van der Waals surface area contributed by atoms with Gasteiger partial charge in [-0.05, 0) is 12.1 Å². The van der Waals surface area contributed by atoms with Crippen molar-refractivity contribution in [2.75, 3.05) is 24.4 Å². The largest absolute Gasteiger partial charge is 0.453 e. The van der Waals surface area contributed by atoms with E-state index in [0.717, 1.165) is 0 Å². The maximum Gasteiger partial charge on any atom is 0.411 e. The lowest BCUT2D eigenvalue weighted by molar-refractivity contribution is -0.116. The van der Waals surface area contributed by atoms with Crippen molar-refractivity contribution in [3.8, 4) is 0 Å². The first-order valence-corrected chi connectivity index (χ1v) is 4.74. The van der Waals surface area contributed by atoms with Gasteiger partial charge in [-0.25, -0.2) is 4.79 Å². The van der Waals surface area contributed by atoms with Crippen molar-refractivity contribution < 1.29 is 14.3 Å². The Morgan fingerprint density at radius 2 is 1.94 bits per heavy atom. The van der Waals surface area contributed by atoms with Gasteiger partial charge in [0.25, 0.3) is 0 Å². The summed E-state index contributed by atoms with van der Waals surface area (Å²) in [5, 5.41) is 2.54. The maximum absolute atomic E-state index is 11.2. The molecule has 0 radical (unpaired) electrons. The molecule has 0 aromatic heterocycles. The molecule has 0 bridgehead atoms. The molecule has 2 amide bonds. The predicted molar refractivity (Wildman–Crippen MR) is 61.6 cm³/mol. The number of benzene rings is 1. The summed E-state index contributed by atoms with van der Waals surface area (Å²) >= 11 is 0. The molecular weight excluding hydrogens is 208 g/mol. The molecule has 0 atom stereocenters. The number of carbonyl (C=O) groups excluding carboxylic acids is 2. The van der Waals surface area contributed by atoms with E-state index in [2.05, 4.69) is 10.1 Å². The van der Waals surface area contributed by atoms with E-state index >= 15 is 0 Å². The molecule has 16 heavy (non-hydrogen) atoms. The lowest BCUT2D eigenvalue weighted by Crippen LogP contribution is -2.24. The lowest BCUT2D eigenvalue weighted by Gasteiger charge is -2.18. The first kappa shape index (κ1) is 12.0. The highest BCUT2D eigenvalue weighted by Gasteiger charge is 2.12.